The number of benzene rings is 2. The van der Waals surface area contributed by atoms with E-state index in [1.165, 1.54) is 0 Å². The number of carboxylic acids is 2. The molecular weight excluding hydrogens is 346 g/mol. The van der Waals surface area contributed by atoms with Crippen molar-refractivity contribution in [3.63, 3.8) is 0 Å². The molecule has 0 saturated heterocycles. The van der Waals surface area contributed by atoms with Crippen LogP contribution in [0.1, 0.15) is 31.4 Å². The topological polar surface area (TPSA) is 104 Å². The standard InChI is InChI=1S/C21H23NO5/c1-14(21(26)27)11-12-22-20(18(23)13-19(24)25)17-9-7-16(8-10-17)15-5-3-2-4-6-15/h2-10,14,20,22H,11-13H2,1H3,(H,24,25)(H,26,27)/t14-,20+/m1/s1. The molecule has 0 aliphatic rings. The van der Waals surface area contributed by atoms with E-state index in [0.29, 0.717) is 18.5 Å². The van der Waals surface area contributed by atoms with Crippen LogP contribution in [0.4, 0.5) is 0 Å². The van der Waals surface area contributed by atoms with E-state index in [1.807, 2.05) is 42.5 Å². The van der Waals surface area contributed by atoms with Crippen molar-refractivity contribution in [3.8, 4) is 11.1 Å². The lowest BCUT2D eigenvalue weighted by molar-refractivity contribution is -0.141. The van der Waals surface area contributed by atoms with Crippen LogP contribution in [0.3, 0.4) is 0 Å². The Kier molecular flexibility index (Phi) is 7.25. The molecule has 142 valence electrons. The summed E-state index contributed by atoms with van der Waals surface area (Å²) in [7, 11) is 0. The van der Waals surface area contributed by atoms with Crippen LogP contribution in [0.25, 0.3) is 11.1 Å². The molecule has 0 saturated carbocycles. The molecule has 0 amide bonds. The van der Waals surface area contributed by atoms with Gasteiger partial charge in [0.2, 0.25) is 0 Å². The Morgan fingerprint density at radius 3 is 2.07 bits per heavy atom. The lowest BCUT2D eigenvalue weighted by atomic mass is 9.97. The fourth-order valence-electron chi connectivity index (χ4n) is 2.73. The second kappa shape index (κ2) is 9.64. The van der Waals surface area contributed by atoms with E-state index in [0.717, 1.165) is 11.1 Å². The normalized spacial score (nSPS) is 12.9. The average molecular weight is 369 g/mol. The first kappa shape index (κ1) is 20.3. The van der Waals surface area contributed by atoms with Crippen molar-refractivity contribution in [3.05, 3.63) is 60.2 Å². The number of hydrogen-bond acceptors (Lipinski definition) is 4. The van der Waals surface area contributed by atoms with Crippen LogP contribution in [-0.2, 0) is 14.4 Å². The van der Waals surface area contributed by atoms with Gasteiger partial charge in [0.15, 0.2) is 5.78 Å². The van der Waals surface area contributed by atoms with Crippen LogP contribution in [-0.4, -0.2) is 34.5 Å². The minimum absolute atomic E-state index is 0.296. The maximum atomic E-state index is 12.4. The van der Waals surface area contributed by atoms with Crippen molar-refractivity contribution >= 4 is 17.7 Å². The first-order valence-corrected chi connectivity index (χ1v) is 8.74. The van der Waals surface area contributed by atoms with Gasteiger partial charge in [-0.3, -0.25) is 14.4 Å². The molecule has 0 spiro atoms. The molecule has 0 aliphatic heterocycles. The first-order chi connectivity index (χ1) is 12.9. The Hall–Kier alpha value is -2.99. The number of aliphatic carboxylic acids is 2. The predicted octanol–water partition coefficient (Wildman–Crippen LogP) is 3.14. The molecule has 0 unspecified atom stereocenters. The highest BCUT2D eigenvalue weighted by molar-refractivity contribution is 5.98. The van der Waals surface area contributed by atoms with E-state index in [2.05, 4.69) is 5.32 Å². The van der Waals surface area contributed by atoms with Gasteiger partial charge >= 0.3 is 11.9 Å². The molecule has 0 bridgehead atoms. The number of hydrogen-bond donors (Lipinski definition) is 3. The molecule has 0 fully saturated rings. The molecule has 0 aliphatic carbocycles. The molecule has 27 heavy (non-hydrogen) atoms. The zero-order valence-corrected chi connectivity index (χ0v) is 15.1. The monoisotopic (exact) mass is 369 g/mol. The van der Waals surface area contributed by atoms with Crippen molar-refractivity contribution in [1.29, 1.82) is 0 Å². The van der Waals surface area contributed by atoms with Crippen molar-refractivity contribution < 1.29 is 24.6 Å². The molecule has 0 aromatic heterocycles. The molecule has 2 aromatic rings. The van der Waals surface area contributed by atoms with Gasteiger partial charge in [0.05, 0.1) is 12.0 Å². The van der Waals surface area contributed by atoms with Crippen LogP contribution in [0.15, 0.2) is 54.6 Å². The predicted molar refractivity (Wildman–Crippen MR) is 101 cm³/mol. The van der Waals surface area contributed by atoms with Gasteiger partial charge in [-0.1, -0.05) is 61.5 Å². The molecule has 0 radical (unpaired) electrons. The molecule has 2 aromatic carbocycles. The van der Waals surface area contributed by atoms with Gasteiger partial charge in [-0.15, -0.1) is 0 Å². The third-order valence-corrected chi connectivity index (χ3v) is 4.35. The number of carbonyl (C=O) groups excluding carboxylic acids is 1. The lowest BCUT2D eigenvalue weighted by Gasteiger charge is -2.19. The van der Waals surface area contributed by atoms with Gasteiger partial charge in [-0.2, -0.15) is 0 Å². The number of Topliss-reactive ketones (excluding diaryl/α,β-unsaturated/α-hetero) is 1. The number of nitrogens with one attached hydrogen (secondary N) is 1. The third-order valence-electron chi connectivity index (χ3n) is 4.35. The molecule has 2 rings (SSSR count). The van der Waals surface area contributed by atoms with Crippen LogP contribution < -0.4 is 5.32 Å². The summed E-state index contributed by atoms with van der Waals surface area (Å²) in [6.45, 7) is 1.89. The van der Waals surface area contributed by atoms with E-state index >= 15 is 0 Å². The fraction of sp³-hybridized carbons (Fsp3) is 0.286. The Balaban J connectivity index is 2.15. The van der Waals surface area contributed by atoms with E-state index < -0.39 is 36.1 Å². The summed E-state index contributed by atoms with van der Waals surface area (Å²) in [5.41, 5.74) is 2.69. The van der Waals surface area contributed by atoms with Crippen molar-refractivity contribution in [2.24, 2.45) is 5.92 Å². The summed E-state index contributed by atoms with van der Waals surface area (Å²) >= 11 is 0. The van der Waals surface area contributed by atoms with Crippen LogP contribution in [0, 0.1) is 5.92 Å². The van der Waals surface area contributed by atoms with Crippen LogP contribution >= 0.6 is 0 Å². The van der Waals surface area contributed by atoms with Gasteiger partial charge < -0.3 is 15.5 Å². The zero-order valence-electron chi connectivity index (χ0n) is 15.1. The maximum absolute atomic E-state index is 12.4. The Bertz CT molecular complexity index is 786. The minimum Gasteiger partial charge on any atom is -0.481 e. The second-order valence-corrected chi connectivity index (χ2v) is 6.44. The Labute approximate surface area is 157 Å². The average Bonchev–Trinajstić information content (AvgIpc) is 2.65. The zero-order chi connectivity index (χ0) is 19.8. The summed E-state index contributed by atoms with van der Waals surface area (Å²) in [6, 6.07) is 16.3. The SMILES string of the molecule is C[C@H](CCN[C@H](C(=O)CC(=O)O)c1ccc(-c2ccccc2)cc1)C(=O)O. The van der Waals surface area contributed by atoms with Gasteiger partial charge in [-0.25, -0.2) is 0 Å². The number of carbonyl (C=O) groups is 3. The highest BCUT2D eigenvalue weighted by atomic mass is 16.4. The van der Waals surface area contributed by atoms with Crippen LogP contribution in [0.2, 0.25) is 0 Å². The van der Waals surface area contributed by atoms with Gasteiger partial charge in [-0.05, 0) is 29.7 Å². The Morgan fingerprint density at radius 2 is 1.52 bits per heavy atom. The van der Waals surface area contributed by atoms with E-state index in [9.17, 15) is 14.4 Å². The van der Waals surface area contributed by atoms with Crippen molar-refractivity contribution in [2.45, 2.75) is 25.8 Å². The highest BCUT2D eigenvalue weighted by Gasteiger charge is 2.23. The van der Waals surface area contributed by atoms with Gasteiger partial charge in [0.25, 0.3) is 0 Å². The van der Waals surface area contributed by atoms with Gasteiger partial charge in [0.1, 0.15) is 6.42 Å². The summed E-state index contributed by atoms with van der Waals surface area (Å²) in [4.78, 5) is 34.2. The maximum Gasteiger partial charge on any atom is 0.310 e. The molecule has 6 heteroatoms. The highest BCUT2D eigenvalue weighted by Crippen LogP contribution is 2.23. The minimum atomic E-state index is -1.19. The van der Waals surface area contributed by atoms with E-state index in [4.69, 9.17) is 10.2 Å². The summed E-state index contributed by atoms with van der Waals surface area (Å²) in [5.74, 6) is -3.10. The third kappa shape index (κ3) is 6.04. The van der Waals surface area contributed by atoms with Crippen molar-refractivity contribution in [2.75, 3.05) is 6.54 Å². The van der Waals surface area contributed by atoms with Crippen LogP contribution in [0.5, 0.6) is 0 Å². The lowest BCUT2D eigenvalue weighted by Crippen LogP contribution is -2.32. The number of carboxylic acid groups (broad SMARTS) is 2. The smallest absolute Gasteiger partial charge is 0.310 e. The number of ketones is 1. The van der Waals surface area contributed by atoms with E-state index in [-0.39, 0.29) is 0 Å². The first-order valence-electron chi connectivity index (χ1n) is 8.74. The Morgan fingerprint density at radius 1 is 0.926 bits per heavy atom. The molecule has 0 heterocycles. The quantitative estimate of drug-likeness (QED) is 0.556. The van der Waals surface area contributed by atoms with E-state index in [1.54, 1.807) is 19.1 Å². The largest absolute Gasteiger partial charge is 0.481 e. The molecule has 3 N–H and O–H groups in total. The fourth-order valence-corrected chi connectivity index (χ4v) is 2.73. The second-order valence-electron chi connectivity index (χ2n) is 6.44. The van der Waals surface area contributed by atoms with Gasteiger partial charge in [0, 0.05) is 0 Å². The number of rotatable bonds is 10. The molecule has 6 nitrogen and oxygen atoms in total. The van der Waals surface area contributed by atoms with Crippen molar-refractivity contribution in [1.82, 2.24) is 5.32 Å². The summed E-state index contributed by atoms with van der Waals surface area (Å²) < 4.78 is 0. The molecular formula is C21H23NO5. The summed E-state index contributed by atoms with van der Waals surface area (Å²) in [5, 5.41) is 20.9. The summed E-state index contributed by atoms with van der Waals surface area (Å²) in [6.07, 6.45) is -0.249. The molecule has 2 atom stereocenters.